The van der Waals surface area contributed by atoms with Gasteiger partial charge in [-0.25, -0.2) is 4.39 Å². The van der Waals surface area contributed by atoms with E-state index in [1.54, 1.807) is 24.9 Å². The summed E-state index contributed by atoms with van der Waals surface area (Å²) in [7, 11) is 1.57. The topological polar surface area (TPSA) is 41.5 Å². The Balaban J connectivity index is 1.68. The van der Waals surface area contributed by atoms with Crippen LogP contribution in [0.4, 0.5) is 15.9 Å². The van der Waals surface area contributed by atoms with Crippen LogP contribution in [0.3, 0.4) is 0 Å². The fourth-order valence-corrected chi connectivity index (χ4v) is 3.01. The van der Waals surface area contributed by atoms with Crippen LogP contribution in [-0.4, -0.2) is 49.7 Å². The van der Waals surface area contributed by atoms with Gasteiger partial charge in [-0.1, -0.05) is 0 Å². The van der Waals surface area contributed by atoms with Gasteiger partial charge in [0.25, 0.3) is 0 Å². The minimum Gasteiger partial charge on any atom is -0.494 e. The lowest BCUT2D eigenvalue weighted by Gasteiger charge is -2.37. The van der Waals surface area contributed by atoms with E-state index in [9.17, 15) is 4.39 Å². The number of methoxy groups -OCH3 is 1. The summed E-state index contributed by atoms with van der Waals surface area (Å²) in [4.78, 5) is 4.42. The number of nitrogens with zero attached hydrogens (tertiary/aromatic N) is 4. The first-order valence-electron chi connectivity index (χ1n) is 7.42. The van der Waals surface area contributed by atoms with Crippen LogP contribution >= 0.6 is 11.8 Å². The first-order chi connectivity index (χ1) is 11.2. The third-order valence-electron chi connectivity index (χ3n) is 3.92. The molecule has 2 heterocycles. The lowest BCUT2D eigenvalue weighted by molar-refractivity contribution is 0.410. The molecule has 0 radical (unpaired) electrons. The minimum absolute atomic E-state index is 0.284. The normalized spacial score (nSPS) is 14.9. The van der Waals surface area contributed by atoms with Gasteiger partial charge in [0.1, 0.15) is 16.6 Å². The molecule has 7 heteroatoms. The third kappa shape index (κ3) is 3.50. The average molecular weight is 334 g/mol. The monoisotopic (exact) mass is 334 g/mol. The van der Waals surface area contributed by atoms with E-state index in [1.165, 1.54) is 12.1 Å². The number of benzene rings is 1. The molecule has 3 rings (SSSR count). The summed E-state index contributed by atoms with van der Waals surface area (Å²) in [6.45, 7) is 3.34. The van der Waals surface area contributed by atoms with E-state index in [0.717, 1.165) is 42.7 Å². The highest BCUT2D eigenvalue weighted by Crippen LogP contribution is 2.30. The van der Waals surface area contributed by atoms with E-state index >= 15 is 0 Å². The maximum Gasteiger partial charge on any atom is 0.151 e. The van der Waals surface area contributed by atoms with Crippen LogP contribution in [-0.2, 0) is 0 Å². The fourth-order valence-electron chi connectivity index (χ4n) is 2.68. The van der Waals surface area contributed by atoms with Gasteiger partial charge in [0.15, 0.2) is 5.82 Å². The van der Waals surface area contributed by atoms with E-state index < -0.39 is 0 Å². The molecule has 0 amide bonds. The molecule has 1 aliphatic heterocycles. The summed E-state index contributed by atoms with van der Waals surface area (Å²) in [5.41, 5.74) is 0.928. The Hall–Kier alpha value is -2.02. The van der Waals surface area contributed by atoms with E-state index in [4.69, 9.17) is 4.74 Å². The zero-order valence-electron chi connectivity index (χ0n) is 13.2. The molecule has 0 unspecified atom stereocenters. The first-order valence-corrected chi connectivity index (χ1v) is 8.65. The lowest BCUT2D eigenvalue weighted by atomic mass is 10.2. The van der Waals surface area contributed by atoms with Crippen LogP contribution in [0.15, 0.2) is 35.4 Å². The van der Waals surface area contributed by atoms with Crippen molar-refractivity contribution >= 4 is 23.3 Å². The number of hydrogen-bond acceptors (Lipinski definition) is 6. The molecule has 0 aliphatic carbocycles. The molecule has 122 valence electrons. The molecule has 1 aromatic heterocycles. The van der Waals surface area contributed by atoms with Crippen molar-refractivity contribution in [2.45, 2.75) is 5.03 Å². The fraction of sp³-hybridized carbons (Fsp3) is 0.375. The molecule has 5 nitrogen and oxygen atoms in total. The lowest BCUT2D eigenvalue weighted by Crippen LogP contribution is -2.47. The molecule has 1 saturated heterocycles. The van der Waals surface area contributed by atoms with E-state index in [-0.39, 0.29) is 5.82 Å². The third-order valence-corrected chi connectivity index (χ3v) is 4.56. The summed E-state index contributed by atoms with van der Waals surface area (Å²) >= 11 is 1.58. The summed E-state index contributed by atoms with van der Waals surface area (Å²) < 4.78 is 18.6. The molecule has 0 atom stereocenters. The molecule has 23 heavy (non-hydrogen) atoms. The summed E-state index contributed by atoms with van der Waals surface area (Å²) in [6, 6.07) is 8.66. The van der Waals surface area contributed by atoms with Crippen LogP contribution < -0.4 is 14.5 Å². The Bertz CT molecular complexity index is 660. The van der Waals surface area contributed by atoms with E-state index in [0.29, 0.717) is 5.75 Å². The molecule has 0 N–H and O–H groups in total. The largest absolute Gasteiger partial charge is 0.494 e. The van der Waals surface area contributed by atoms with Crippen LogP contribution in [0.25, 0.3) is 0 Å². The van der Waals surface area contributed by atoms with Crippen molar-refractivity contribution in [1.82, 2.24) is 10.2 Å². The molecule has 1 fully saturated rings. The molecular formula is C16H19FN4OS. The van der Waals surface area contributed by atoms with Gasteiger partial charge in [0, 0.05) is 32.2 Å². The van der Waals surface area contributed by atoms with Gasteiger partial charge in [-0.05, 0) is 30.5 Å². The molecule has 2 aromatic rings. The van der Waals surface area contributed by atoms with E-state index in [1.807, 2.05) is 18.4 Å². The zero-order valence-corrected chi connectivity index (χ0v) is 14.0. The standard InChI is InChI=1S/C16H19FN4OS/c1-22-14-11-12(17)3-4-13(14)20-7-9-21(10-8-20)15-5-6-16(23-2)19-18-15/h3-6,11H,7-10H2,1-2H3. The smallest absolute Gasteiger partial charge is 0.151 e. The molecule has 0 spiro atoms. The highest BCUT2D eigenvalue weighted by Gasteiger charge is 2.21. The van der Waals surface area contributed by atoms with Gasteiger partial charge in [-0.15, -0.1) is 22.0 Å². The molecule has 0 saturated carbocycles. The van der Waals surface area contributed by atoms with Crippen LogP contribution in [0.1, 0.15) is 0 Å². The number of piperazine rings is 1. The Morgan fingerprint density at radius 2 is 1.78 bits per heavy atom. The molecule has 1 aromatic carbocycles. The molecular weight excluding hydrogens is 315 g/mol. The second kappa shape index (κ2) is 7.04. The summed E-state index contributed by atoms with van der Waals surface area (Å²) in [6.07, 6.45) is 1.98. The number of thioether (sulfide) groups is 1. The van der Waals surface area contributed by atoms with Crippen molar-refractivity contribution in [3.8, 4) is 5.75 Å². The van der Waals surface area contributed by atoms with Crippen molar-refractivity contribution in [3.05, 3.63) is 36.1 Å². The first kappa shape index (κ1) is 15.9. The minimum atomic E-state index is -0.284. The Kier molecular flexibility index (Phi) is 4.85. The van der Waals surface area contributed by atoms with Gasteiger partial charge < -0.3 is 14.5 Å². The average Bonchev–Trinajstić information content (AvgIpc) is 2.62. The molecule has 1 aliphatic rings. The SMILES string of the molecule is COc1cc(F)ccc1N1CCN(c2ccc(SC)nn2)CC1. The Morgan fingerprint density at radius 3 is 2.39 bits per heavy atom. The number of rotatable bonds is 4. The van der Waals surface area contributed by atoms with Crippen molar-refractivity contribution in [2.75, 3.05) is 49.3 Å². The van der Waals surface area contributed by atoms with Crippen LogP contribution in [0.2, 0.25) is 0 Å². The van der Waals surface area contributed by atoms with Gasteiger partial charge >= 0.3 is 0 Å². The van der Waals surface area contributed by atoms with Gasteiger partial charge in [-0.2, -0.15) is 0 Å². The Morgan fingerprint density at radius 1 is 1.04 bits per heavy atom. The second-order valence-electron chi connectivity index (χ2n) is 5.22. The van der Waals surface area contributed by atoms with Crippen molar-refractivity contribution in [2.24, 2.45) is 0 Å². The van der Waals surface area contributed by atoms with Gasteiger partial charge in [0.2, 0.25) is 0 Å². The zero-order chi connectivity index (χ0) is 16.2. The maximum atomic E-state index is 13.3. The van der Waals surface area contributed by atoms with Crippen LogP contribution in [0.5, 0.6) is 5.75 Å². The van der Waals surface area contributed by atoms with Crippen molar-refractivity contribution < 1.29 is 9.13 Å². The number of ether oxygens (including phenoxy) is 1. The van der Waals surface area contributed by atoms with Crippen molar-refractivity contribution in [1.29, 1.82) is 0 Å². The summed E-state index contributed by atoms with van der Waals surface area (Å²) in [5.74, 6) is 1.18. The quantitative estimate of drug-likeness (QED) is 0.801. The van der Waals surface area contributed by atoms with E-state index in [2.05, 4.69) is 20.0 Å². The predicted molar refractivity (Wildman–Crippen MR) is 91.2 cm³/mol. The van der Waals surface area contributed by atoms with Crippen molar-refractivity contribution in [3.63, 3.8) is 0 Å². The van der Waals surface area contributed by atoms with Crippen LogP contribution in [0, 0.1) is 5.82 Å². The predicted octanol–water partition coefficient (Wildman–Crippen LogP) is 2.67. The maximum absolute atomic E-state index is 13.3. The van der Waals surface area contributed by atoms with Gasteiger partial charge in [0.05, 0.1) is 12.8 Å². The highest BCUT2D eigenvalue weighted by molar-refractivity contribution is 7.98. The molecule has 0 bridgehead atoms. The second-order valence-corrected chi connectivity index (χ2v) is 6.05. The van der Waals surface area contributed by atoms with Gasteiger partial charge in [-0.3, -0.25) is 0 Å². The summed E-state index contributed by atoms with van der Waals surface area (Å²) in [5, 5.41) is 9.38. The number of aromatic nitrogens is 2. The highest BCUT2D eigenvalue weighted by atomic mass is 32.2. The number of hydrogen-bond donors (Lipinski definition) is 0. The number of anilines is 2. The Labute approximate surface area is 139 Å². The number of halogens is 1.